The summed E-state index contributed by atoms with van der Waals surface area (Å²) in [6, 6.07) is 6.74. The molecule has 2 atom stereocenters. The van der Waals surface area contributed by atoms with Crippen LogP contribution in [0, 0.1) is 19.8 Å². The van der Waals surface area contributed by atoms with Gasteiger partial charge in [0.05, 0.1) is 0 Å². The Kier molecular flexibility index (Phi) is 4.11. The number of hydrogen-bond acceptors (Lipinski definition) is 1. The number of nitrogens with two attached hydrogens (primary N) is 1. The lowest BCUT2D eigenvalue weighted by atomic mass is 9.83. The molecule has 1 heteroatoms. The highest BCUT2D eigenvalue weighted by Crippen LogP contribution is 2.31. The molecule has 0 bridgehead atoms. The van der Waals surface area contributed by atoms with Crippen LogP contribution in [0.25, 0.3) is 0 Å². The van der Waals surface area contributed by atoms with E-state index < -0.39 is 0 Å². The number of rotatable bonds is 2. The van der Waals surface area contributed by atoms with Crippen LogP contribution in [0.4, 0.5) is 0 Å². The minimum atomic E-state index is 0.0311. The third-order valence-electron chi connectivity index (χ3n) is 4.55. The molecule has 1 aromatic rings. The molecule has 18 heavy (non-hydrogen) atoms. The Labute approximate surface area is 112 Å². The predicted octanol–water partition coefficient (Wildman–Crippen LogP) is 4.14. The number of benzene rings is 1. The first-order valence-electron chi connectivity index (χ1n) is 7.33. The second-order valence-electron chi connectivity index (χ2n) is 6.51. The Morgan fingerprint density at radius 3 is 2.78 bits per heavy atom. The van der Waals surface area contributed by atoms with Gasteiger partial charge in [-0.1, -0.05) is 43.5 Å². The maximum atomic E-state index is 6.67. The molecule has 2 unspecified atom stereocenters. The van der Waals surface area contributed by atoms with Crippen molar-refractivity contribution in [2.45, 2.75) is 64.8 Å². The quantitative estimate of drug-likeness (QED) is 0.778. The Morgan fingerprint density at radius 2 is 2.00 bits per heavy atom. The average molecular weight is 245 g/mol. The maximum Gasteiger partial charge on any atom is 0.0195 e. The SMILES string of the molecule is Cc1ccc(C)c(CC2(N)CCCC(C)CC2)c1. The zero-order chi connectivity index (χ0) is 13.2. The summed E-state index contributed by atoms with van der Waals surface area (Å²) in [6.07, 6.45) is 7.36. The van der Waals surface area contributed by atoms with E-state index in [0.717, 1.165) is 12.3 Å². The lowest BCUT2D eigenvalue weighted by Gasteiger charge is -2.29. The Balaban J connectivity index is 2.13. The molecule has 0 aliphatic heterocycles. The van der Waals surface area contributed by atoms with Crippen LogP contribution in [0.3, 0.4) is 0 Å². The normalized spacial score (nSPS) is 29.0. The van der Waals surface area contributed by atoms with Gasteiger partial charge in [-0.3, -0.25) is 0 Å². The summed E-state index contributed by atoms with van der Waals surface area (Å²) < 4.78 is 0. The second-order valence-corrected chi connectivity index (χ2v) is 6.51. The lowest BCUT2D eigenvalue weighted by molar-refractivity contribution is 0.362. The first-order chi connectivity index (χ1) is 8.48. The van der Waals surface area contributed by atoms with Crippen LogP contribution in [0.2, 0.25) is 0 Å². The number of hydrogen-bond donors (Lipinski definition) is 1. The molecule has 2 rings (SSSR count). The Morgan fingerprint density at radius 1 is 1.22 bits per heavy atom. The van der Waals surface area contributed by atoms with Crippen molar-refractivity contribution >= 4 is 0 Å². The highest BCUT2D eigenvalue weighted by molar-refractivity contribution is 5.32. The molecule has 1 aliphatic carbocycles. The topological polar surface area (TPSA) is 26.0 Å². The van der Waals surface area contributed by atoms with Gasteiger partial charge >= 0.3 is 0 Å². The molecule has 2 N–H and O–H groups in total. The van der Waals surface area contributed by atoms with E-state index in [9.17, 15) is 0 Å². The van der Waals surface area contributed by atoms with Crippen LogP contribution in [-0.2, 0) is 6.42 Å². The van der Waals surface area contributed by atoms with Gasteiger partial charge in [-0.25, -0.2) is 0 Å². The Bertz CT molecular complexity index is 410. The summed E-state index contributed by atoms with van der Waals surface area (Å²) in [5.74, 6) is 0.856. The van der Waals surface area contributed by atoms with Gasteiger partial charge in [0.25, 0.3) is 0 Å². The van der Waals surface area contributed by atoms with E-state index in [1.54, 1.807) is 0 Å². The molecule has 0 aromatic heterocycles. The minimum absolute atomic E-state index is 0.0311. The van der Waals surface area contributed by atoms with Gasteiger partial charge in [-0.05, 0) is 56.6 Å². The van der Waals surface area contributed by atoms with Gasteiger partial charge in [0.1, 0.15) is 0 Å². The second kappa shape index (κ2) is 5.44. The van der Waals surface area contributed by atoms with Crippen molar-refractivity contribution in [3.63, 3.8) is 0 Å². The largest absolute Gasteiger partial charge is 0.325 e. The fourth-order valence-corrected chi connectivity index (χ4v) is 3.15. The van der Waals surface area contributed by atoms with E-state index >= 15 is 0 Å². The predicted molar refractivity (Wildman–Crippen MR) is 78.8 cm³/mol. The molecule has 100 valence electrons. The Hall–Kier alpha value is -0.820. The molecule has 1 fully saturated rings. The van der Waals surface area contributed by atoms with Crippen molar-refractivity contribution < 1.29 is 0 Å². The molecule has 1 saturated carbocycles. The highest BCUT2D eigenvalue weighted by Gasteiger charge is 2.28. The van der Waals surface area contributed by atoms with E-state index in [2.05, 4.69) is 39.0 Å². The van der Waals surface area contributed by atoms with Crippen LogP contribution in [0.5, 0.6) is 0 Å². The first kappa shape index (κ1) is 13.6. The molecule has 1 aliphatic rings. The van der Waals surface area contributed by atoms with Crippen LogP contribution in [-0.4, -0.2) is 5.54 Å². The smallest absolute Gasteiger partial charge is 0.0195 e. The minimum Gasteiger partial charge on any atom is -0.325 e. The lowest BCUT2D eigenvalue weighted by Crippen LogP contribution is -2.41. The third-order valence-corrected chi connectivity index (χ3v) is 4.55. The molecule has 0 heterocycles. The summed E-state index contributed by atoms with van der Waals surface area (Å²) in [6.45, 7) is 6.74. The molecular weight excluding hydrogens is 218 g/mol. The van der Waals surface area contributed by atoms with Crippen molar-refractivity contribution in [2.24, 2.45) is 11.7 Å². The van der Waals surface area contributed by atoms with Crippen LogP contribution >= 0.6 is 0 Å². The summed E-state index contributed by atoms with van der Waals surface area (Å²) >= 11 is 0. The van der Waals surface area contributed by atoms with Gasteiger partial charge in [0, 0.05) is 5.54 Å². The summed E-state index contributed by atoms with van der Waals surface area (Å²) in [5.41, 5.74) is 10.9. The zero-order valence-electron chi connectivity index (χ0n) is 12.1. The van der Waals surface area contributed by atoms with E-state index in [4.69, 9.17) is 5.73 Å². The monoisotopic (exact) mass is 245 g/mol. The van der Waals surface area contributed by atoms with Crippen LogP contribution < -0.4 is 5.73 Å². The number of aryl methyl sites for hydroxylation is 2. The zero-order valence-corrected chi connectivity index (χ0v) is 12.1. The fourth-order valence-electron chi connectivity index (χ4n) is 3.15. The van der Waals surface area contributed by atoms with E-state index in [1.807, 2.05) is 0 Å². The standard InChI is InChI=1S/C17H27N/c1-13-5-4-9-17(18,10-8-13)12-16-11-14(2)6-7-15(16)3/h6-7,11,13H,4-5,8-10,12,18H2,1-3H3. The van der Waals surface area contributed by atoms with E-state index in [0.29, 0.717) is 0 Å². The third kappa shape index (κ3) is 3.35. The molecule has 1 nitrogen and oxygen atoms in total. The van der Waals surface area contributed by atoms with Crippen molar-refractivity contribution in [1.29, 1.82) is 0 Å². The molecule has 0 saturated heterocycles. The van der Waals surface area contributed by atoms with Gasteiger partial charge in [-0.2, -0.15) is 0 Å². The van der Waals surface area contributed by atoms with Crippen molar-refractivity contribution in [2.75, 3.05) is 0 Å². The summed E-state index contributed by atoms with van der Waals surface area (Å²) in [5, 5.41) is 0. The molecule has 0 spiro atoms. The fraction of sp³-hybridized carbons (Fsp3) is 0.647. The van der Waals surface area contributed by atoms with Gasteiger partial charge in [-0.15, -0.1) is 0 Å². The van der Waals surface area contributed by atoms with Crippen LogP contribution in [0.1, 0.15) is 55.7 Å². The van der Waals surface area contributed by atoms with Crippen molar-refractivity contribution in [3.8, 4) is 0 Å². The van der Waals surface area contributed by atoms with E-state index in [1.165, 1.54) is 48.8 Å². The molecular formula is C17H27N. The summed E-state index contributed by atoms with van der Waals surface area (Å²) in [4.78, 5) is 0. The van der Waals surface area contributed by atoms with Gasteiger partial charge in [0.15, 0.2) is 0 Å². The highest BCUT2D eigenvalue weighted by atomic mass is 14.7. The molecule has 0 amide bonds. The molecule has 0 radical (unpaired) electrons. The van der Waals surface area contributed by atoms with Gasteiger partial charge < -0.3 is 5.73 Å². The van der Waals surface area contributed by atoms with Gasteiger partial charge in [0.2, 0.25) is 0 Å². The van der Waals surface area contributed by atoms with Crippen molar-refractivity contribution in [3.05, 3.63) is 34.9 Å². The first-order valence-corrected chi connectivity index (χ1v) is 7.33. The van der Waals surface area contributed by atoms with Crippen molar-refractivity contribution in [1.82, 2.24) is 0 Å². The summed E-state index contributed by atoms with van der Waals surface area (Å²) in [7, 11) is 0. The van der Waals surface area contributed by atoms with E-state index in [-0.39, 0.29) is 5.54 Å². The average Bonchev–Trinajstić information content (AvgIpc) is 2.47. The maximum absolute atomic E-state index is 6.67. The van der Waals surface area contributed by atoms with Crippen LogP contribution in [0.15, 0.2) is 18.2 Å². The molecule has 1 aromatic carbocycles.